The van der Waals surface area contributed by atoms with E-state index in [4.69, 9.17) is 4.74 Å². The van der Waals surface area contributed by atoms with Crippen molar-refractivity contribution in [3.63, 3.8) is 0 Å². The van der Waals surface area contributed by atoms with E-state index in [0.29, 0.717) is 11.8 Å². The lowest BCUT2D eigenvalue weighted by molar-refractivity contribution is -0.658. The highest BCUT2D eigenvalue weighted by molar-refractivity contribution is 5.76. The number of ether oxygens (including phenoxy) is 1. The van der Waals surface area contributed by atoms with E-state index in [-0.39, 0.29) is 23.4 Å². The Morgan fingerprint density at radius 3 is 3.00 bits per heavy atom. The van der Waals surface area contributed by atoms with Gasteiger partial charge < -0.3 is 10.1 Å². The number of allylic oxidation sites excluding steroid dienone is 2. The van der Waals surface area contributed by atoms with Crippen LogP contribution in [0.4, 0.5) is 0 Å². The van der Waals surface area contributed by atoms with E-state index in [0.717, 1.165) is 19.5 Å². The number of hydrogen-bond acceptors (Lipinski definition) is 2. The molecule has 2 N–H and O–H groups in total. The predicted molar refractivity (Wildman–Crippen MR) is 104 cm³/mol. The van der Waals surface area contributed by atoms with Crippen LogP contribution >= 0.6 is 0 Å². The van der Waals surface area contributed by atoms with Gasteiger partial charge in [0.15, 0.2) is 0 Å². The van der Waals surface area contributed by atoms with E-state index in [1.807, 2.05) is 0 Å². The summed E-state index contributed by atoms with van der Waals surface area (Å²) >= 11 is 0. The van der Waals surface area contributed by atoms with Gasteiger partial charge in [-0.15, -0.1) is 0 Å². The molecule has 144 valence electrons. The first-order chi connectivity index (χ1) is 12.6. The fourth-order valence-electron chi connectivity index (χ4n) is 6.03. The Morgan fingerprint density at radius 2 is 2.19 bits per heavy atom. The van der Waals surface area contributed by atoms with E-state index >= 15 is 0 Å². The Kier molecular flexibility index (Phi) is 5.27. The van der Waals surface area contributed by atoms with E-state index in [2.05, 4.69) is 31.3 Å². The zero-order valence-corrected chi connectivity index (χ0v) is 16.6. The maximum absolute atomic E-state index is 12.5. The summed E-state index contributed by atoms with van der Waals surface area (Å²) in [5.41, 5.74) is 3.53. The van der Waals surface area contributed by atoms with Crippen LogP contribution in [0, 0.1) is 23.2 Å². The van der Waals surface area contributed by atoms with Crippen LogP contribution in [0.25, 0.3) is 0 Å². The Morgan fingerprint density at radius 1 is 1.31 bits per heavy atom. The third kappa shape index (κ3) is 3.52. The zero-order valence-electron chi connectivity index (χ0n) is 16.6. The molecule has 1 heterocycles. The normalized spacial score (nSPS) is 39.5. The van der Waals surface area contributed by atoms with Crippen molar-refractivity contribution >= 4 is 5.97 Å². The first kappa shape index (κ1) is 18.3. The molecule has 0 aromatic carbocycles. The fraction of sp³-hybridized carbons (Fsp3) is 0.783. The van der Waals surface area contributed by atoms with Crippen molar-refractivity contribution in [2.75, 3.05) is 13.1 Å². The van der Waals surface area contributed by atoms with Crippen LogP contribution in [0.1, 0.15) is 71.6 Å². The van der Waals surface area contributed by atoms with E-state index < -0.39 is 0 Å². The van der Waals surface area contributed by atoms with Gasteiger partial charge in [0.1, 0.15) is 12.0 Å². The lowest BCUT2D eigenvalue weighted by atomic mass is 9.59. The Balaban J connectivity index is 1.38. The van der Waals surface area contributed by atoms with Crippen LogP contribution in [0.2, 0.25) is 0 Å². The van der Waals surface area contributed by atoms with Gasteiger partial charge in [0.05, 0.1) is 13.1 Å². The molecule has 0 radical (unpaired) electrons. The molecule has 0 amide bonds. The summed E-state index contributed by atoms with van der Waals surface area (Å²) in [7, 11) is 0. The summed E-state index contributed by atoms with van der Waals surface area (Å²) in [6, 6.07) is 0. The first-order valence-electron chi connectivity index (χ1n) is 11.0. The molecule has 4 aliphatic rings. The molecule has 1 aliphatic heterocycles. The van der Waals surface area contributed by atoms with Gasteiger partial charge in [-0.3, -0.25) is 4.79 Å². The minimum atomic E-state index is 0.0554. The van der Waals surface area contributed by atoms with Crippen molar-refractivity contribution in [2.45, 2.75) is 77.7 Å². The van der Waals surface area contributed by atoms with Crippen molar-refractivity contribution in [1.82, 2.24) is 0 Å². The minimum Gasteiger partial charge on any atom is -0.461 e. The van der Waals surface area contributed by atoms with Crippen LogP contribution in [0.5, 0.6) is 0 Å². The second-order valence-electron chi connectivity index (χ2n) is 9.51. The number of carbonyl (C=O) groups is 1. The average Bonchev–Trinajstić information content (AvgIpc) is 2.92. The second kappa shape index (κ2) is 7.50. The van der Waals surface area contributed by atoms with Gasteiger partial charge in [-0.25, -0.2) is 0 Å². The number of carbonyl (C=O) groups excluding carboxylic acids is 1. The van der Waals surface area contributed by atoms with E-state index in [9.17, 15) is 4.79 Å². The molecule has 26 heavy (non-hydrogen) atoms. The fourth-order valence-corrected chi connectivity index (χ4v) is 6.03. The number of esters is 1. The van der Waals surface area contributed by atoms with Crippen LogP contribution in [-0.2, 0) is 9.53 Å². The van der Waals surface area contributed by atoms with E-state index in [1.54, 1.807) is 11.1 Å². The molecule has 3 aliphatic carbocycles. The third-order valence-electron chi connectivity index (χ3n) is 7.56. The summed E-state index contributed by atoms with van der Waals surface area (Å²) in [6.45, 7) is 6.77. The SMILES string of the molecule is C[C@H]1CCC[C@]2(C)C[C@H]3OC(=O)[C@H](C[NH2+]CCC4=CCCCC4)[C@H]3C=C12. The number of fused-ring (bicyclic) bond motifs is 2. The Hall–Kier alpha value is -1.09. The second-order valence-corrected chi connectivity index (χ2v) is 9.51. The highest BCUT2D eigenvalue weighted by Gasteiger charge is 2.52. The van der Waals surface area contributed by atoms with Gasteiger partial charge in [0, 0.05) is 12.3 Å². The molecular formula is C23H36NO2+. The molecule has 0 aromatic heterocycles. The summed E-state index contributed by atoms with van der Waals surface area (Å²) in [5, 5.41) is 2.36. The highest BCUT2D eigenvalue weighted by atomic mass is 16.6. The van der Waals surface area contributed by atoms with Gasteiger partial charge in [-0.2, -0.15) is 0 Å². The van der Waals surface area contributed by atoms with Crippen molar-refractivity contribution < 1.29 is 14.8 Å². The van der Waals surface area contributed by atoms with Crippen LogP contribution in [0.15, 0.2) is 23.3 Å². The molecule has 1 saturated carbocycles. The third-order valence-corrected chi connectivity index (χ3v) is 7.56. The van der Waals surface area contributed by atoms with Crippen molar-refractivity contribution in [1.29, 1.82) is 0 Å². The molecule has 0 bridgehead atoms. The minimum absolute atomic E-state index is 0.0554. The molecule has 0 aromatic rings. The number of rotatable bonds is 5. The highest BCUT2D eigenvalue weighted by Crippen LogP contribution is 2.53. The van der Waals surface area contributed by atoms with Gasteiger partial charge in [0.2, 0.25) is 0 Å². The number of nitrogens with two attached hydrogens (primary N) is 1. The molecule has 1 saturated heterocycles. The first-order valence-corrected chi connectivity index (χ1v) is 11.0. The Bertz CT molecular complexity index is 607. The molecule has 3 nitrogen and oxygen atoms in total. The number of hydrogen-bond donors (Lipinski definition) is 1. The lowest BCUT2D eigenvalue weighted by Gasteiger charge is -2.45. The summed E-state index contributed by atoms with van der Waals surface area (Å²) in [5.74, 6) is 1.11. The summed E-state index contributed by atoms with van der Waals surface area (Å²) in [4.78, 5) is 12.5. The zero-order chi connectivity index (χ0) is 18.1. The molecule has 2 fully saturated rings. The van der Waals surface area contributed by atoms with Gasteiger partial charge >= 0.3 is 5.97 Å². The smallest absolute Gasteiger partial charge is 0.315 e. The molecule has 5 atom stereocenters. The largest absolute Gasteiger partial charge is 0.461 e. The molecule has 3 heteroatoms. The molecular weight excluding hydrogens is 322 g/mol. The van der Waals surface area contributed by atoms with Gasteiger partial charge in [-0.1, -0.05) is 43.6 Å². The van der Waals surface area contributed by atoms with Gasteiger partial charge in [-0.05, 0) is 56.3 Å². The molecule has 4 rings (SSSR count). The maximum Gasteiger partial charge on any atom is 0.315 e. The monoisotopic (exact) mass is 358 g/mol. The predicted octanol–water partition coefficient (Wildman–Crippen LogP) is 3.75. The molecule has 0 unspecified atom stereocenters. The summed E-state index contributed by atoms with van der Waals surface area (Å²) in [6.07, 6.45) is 16.4. The maximum atomic E-state index is 12.5. The Labute approximate surface area is 158 Å². The van der Waals surface area contributed by atoms with Crippen molar-refractivity contribution in [3.05, 3.63) is 23.3 Å². The number of quaternary nitrogens is 1. The summed E-state index contributed by atoms with van der Waals surface area (Å²) < 4.78 is 5.86. The topological polar surface area (TPSA) is 42.9 Å². The quantitative estimate of drug-likeness (QED) is 0.462. The van der Waals surface area contributed by atoms with E-state index in [1.165, 1.54) is 51.4 Å². The molecule has 0 spiro atoms. The average molecular weight is 359 g/mol. The van der Waals surface area contributed by atoms with Crippen LogP contribution in [0.3, 0.4) is 0 Å². The van der Waals surface area contributed by atoms with Crippen molar-refractivity contribution in [3.8, 4) is 0 Å². The van der Waals surface area contributed by atoms with Gasteiger partial charge in [0.25, 0.3) is 0 Å². The lowest BCUT2D eigenvalue weighted by Crippen LogP contribution is -2.86. The van der Waals surface area contributed by atoms with Crippen LogP contribution < -0.4 is 5.32 Å². The standard InChI is InChI=1S/C23H35NO2/c1-16-7-6-11-23(2)14-21-18(13-20(16)23)19(22(25)26-21)15-24-12-10-17-8-4-3-5-9-17/h8,13,16,18-19,21,24H,3-7,9-12,14-15H2,1-2H3/p+1/t16-,18+,19+,21+,23+/m0/s1. The van der Waals surface area contributed by atoms with Crippen molar-refractivity contribution in [2.24, 2.45) is 23.2 Å². The van der Waals surface area contributed by atoms with Crippen LogP contribution in [-0.4, -0.2) is 25.2 Å².